The molecule has 0 spiro atoms. The molecule has 0 bridgehead atoms. The van der Waals surface area contributed by atoms with Crippen LogP contribution in [0.5, 0.6) is 0 Å². The van der Waals surface area contributed by atoms with E-state index in [1.54, 1.807) is 7.11 Å². The minimum Gasteiger partial charge on any atom is -0.425 e. The van der Waals surface area contributed by atoms with Gasteiger partial charge in [-0.25, -0.2) is 0 Å². The molecule has 0 radical (unpaired) electrons. The van der Waals surface area contributed by atoms with Crippen LogP contribution in [0, 0.1) is 0 Å². The lowest BCUT2D eigenvalue weighted by molar-refractivity contribution is 0.196. The van der Waals surface area contributed by atoms with E-state index >= 15 is 0 Å². The molecule has 1 aliphatic rings. The topological polar surface area (TPSA) is 46.2 Å². The first-order chi connectivity index (χ1) is 6.43. The third kappa shape index (κ3) is 5.87. The summed E-state index contributed by atoms with van der Waals surface area (Å²) in [6.45, 7) is 0.787. The molecule has 0 aromatic carbocycles. The first kappa shape index (κ1) is 11.7. The van der Waals surface area contributed by atoms with Gasteiger partial charge in [-0.05, 0) is 12.5 Å². The lowest BCUT2D eigenvalue weighted by Crippen LogP contribution is -2.33. The van der Waals surface area contributed by atoms with E-state index in [-0.39, 0.29) is 0 Å². The average Bonchev–Trinajstić information content (AvgIpc) is 2.08. The Morgan fingerprint density at radius 2 is 1.85 bits per heavy atom. The van der Waals surface area contributed by atoms with Crippen LogP contribution in [0.4, 0.5) is 0 Å². The second-order valence-electron chi connectivity index (χ2n) is 2.66. The van der Waals surface area contributed by atoms with Crippen LogP contribution >= 0.6 is 0 Å². The van der Waals surface area contributed by atoms with Gasteiger partial charge in [0, 0.05) is 13.7 Å². The van der Waals surface area contributed by atoms with Crippen molar-refractivity contribution in [3.8, 4) is 0 Å². The van der Waals surface area contributed by atoms with E-state index in [1.807, 2.05) is 0 Å². The highest BCUT2D eigenvalue weighted by Crippen LogP contribution is 2.02. The van der Waals surface area contributed by atoms with Gasteiger partial charge >= 0.3 is 9.28 Å². The van der Waals surface area contributed by atoms with E-state index < -0.39 is 39.3 Å². The molecule has 1 rings (SSSR count). The maximum absolute atomic E-state index is 5.60. The molecule has 0 atom stereocenters. The van der Waals surface area contributed by atoms with Crippen molar-refractivity contribution in [1.82, 2.24) is 0 Å². The lowest BCUT2D eigenvalue weighted by atomic mass is 10.5. The van der Waals surface area contributed by atoms with Crippen LogP contribution in [0.25, 0.3) is 0 Å². The summed E-state index contributed by atoms with van der Waals surface area (Å²) in [4.78, 5) is 0. The van der Waals surface area contributed by atoms with Gasteiger partial charge in [-0.3, -0.25) is 0 Å². The van der Waals surface area contributed by atoms with Gasteiger partial charge in [-0.1, -0.05) is 0 Å². The van der Waals surface area contributed by atoms with Crippen LogP contribution in [0.15, 0.2) is 0 Å². The van der Waals surface area contributed by atoms with Crippen molar-refractivity contribution >= 4 is 39.3 Å². The predicted octanol–water partition coefficient (Wildman–Crippen LogP) is -2.68. The molecule has 0 amide bonds. The summed E-state index contributed by atoms with van der Waals surface area (Å²) in [5, 5.41) is 0. The molecule has 13 heavy (non-hydrogen) atoms. The highest BCUT2D eigenvalue weighted by molar-refractivity contribution is 6.59. The second kappa shape index (κ2) is 8.02. The van der Waals surface area contributed by atoms with Crippen LogP contribution in [-0.2, 0) is 21.2 Å². The molecule has 9 heteroatoms. The Balaban J connectivity index is 2.06. The zero-order valence-electron chi connectivity index (χ0n) is 7.86. The highest BCUT2D eigenvalue weighted by Gasteiger charge is 2.14. The van der Waals surface area contributed by atoms with Gasteiger partial charge in [0.15, 0.2) is 0 Å². The number of methoxy groups -OCH3 is 1. The number of ether oxygens (including phenoxy) is 1. The van der Waals surface area contributed by atoms with Crippen LogP contribution in [-0.4, -0.2) is 53.0 Å². The molecule has 0 saturated carbocycles. The van der Waals surface area contributed by atoms with Gasteiger partial charge < -0.3 is 21.2 Å². The van der Waals surface area contributed by atoms with Gasteiger partial charge in [-0.15, -0.1) is 0 Å². The van der Waals surface area contributed by atoms with E-state index in [2.05, 4.69) is 0 Å². The molecule has 1 heterocycles. The lowest BCUT2D eigenvalue weighted by Gasteiger charge is -2.20. The summed E-state index contributed by atoms with van der Waals surface area (Å²) < 4.78 is 26.8. The zero-order valence-corrected chi connectivity index (χ0v) is 13.3. The van der Waals surface area contributed by atoms with Crippen molar-refractivity contribution in [1.29, 1.82) is 0 Å². The SMILES string of the molecule is COCCC[SiH]1O[SiH2]O[SiH2]O[SiH2]O1. The fourth-order valence-corrected chi connectivity index (χ4v) is 9.86. The van der Waals surface area contributed by atoms with Crippen LogP contribution in [0.2, 0.25) is 6.04 Å². The van der Waals surface area contributed by atoms with E-state index in [1.165, 1.54) is 0 Å². The third-order valence-electron chi connectivity index (χ3n) is 1.63. The van der Waals surface area contributed by atoms with Crippen LogP contribution in [0.3, 0.4) is 0 Å². The predicted molar refractivity (Wildman–Crippen MR) is 58.4 cm³/mol. The summed E-state index contributed by atoms with van der Waals surface area (Å²) in [7, 11) is -1.98. The monoisotopic (exact) mass is 256 g/mol. The van der Waals surface area contributed by atoms with Gasteiger partial charge in [0.05, 0.1) is 0 Å². The Labute approximate surface area is 87.1 Å². The van der Waals surface area contributed by atoms with E-state index in [0.29, 0.717) is 0 Å². The molecule has 0 unspecified atom stereocenters. The Morgan fingerprint density at radius 3 is 2.46 bits per heavy atom. The Kier molecular flexibility index (Phi) is 7.24. The standard InChI is InChI=1S/C4H16O5Si4/c1-5-3-2-4-13-8-11-6-10-7-12-9-13/h13H,2-4,10-12H2,1H3. The van der Waals surface area contributed by atoms with E-state index in [4.69, 9.17) is 21.2 Å². The molecule has 0 aromatic rings. The average molecular weight is 257 g/mol. The Morgan fingerprint density at radius 1 is 1.15 bits per heavy atom. The van der Waals surface area contributed by atoms with Crippen LogP contribution in [0.1, 0.15) is 6.42 Å². The maximum atomic E-state index is 5.60. The Hall–Kier alpha value is 0.668. The van der Waals surface area contributed by atoms with Crippen molar-refractivity contribution in [2.24, 2.45) is 0 Å². The third-order valence-corrected chi connectivity index (χ3v) is 9.24. The number of hydrogen-bond acceptors (Lipinski definition) is 5. The smallest absolute Gasteiger partial charge is 0.303 e. The molecule has 78 valence electrons. The first-order valence-electron chi connectivity index (χ1n) is 4.31. The van der Waals surface area contributed by atoms with Crippen molar-refractivity contribution in [3.63, 3.8) is 0 Å². The van der Waals surface area contributed by atoms with E-state index in [0.717, 1.165) is 19.1 Å². The summed E-state index contributed by atoms with van der Waals surface area (Å²) >= 11 is 0. The molecular formula is C4H16O5Si4. The minimum absolute atomic E-state index is 0.724. The quantitative estimate of drug-likeness (QED) is 0.405. The second-order valence-corrected chi connectivity index (χ2v) is 10.7. The molecule has 5 nitrogen and oxygen atoms in total. The molecule has 0 aliphatic carbocycles. The van der Waals surface area contributed by atoms with Gasteiger partial charge in [0.2, 0.25) is 0 Å². The highest BCUT2D eigenvalue weighted by atomic mass is 28.4. The minimum atomic E-state index is -1.42. The van der Waals surface area contributed by atoms with Crippen molar-refractivity contribution in [2.45, 2.75) is 12.5 Å². The first-order valence-corrected chi connectivity index (χ1v) is 9.53. The molecule has 1 saturated heterocycles. The molecule has 1 aliphatic heterocycles. The van der Waals surface area contributed by atoms with Crippen molar-refractivity contribution in [2.75, 3.05) is 13.7 Å². The Bertz CT molecular complexity index is 119. The van der Waals surface area contributed by atoms with Gasteiger partial charge in [-0.2, -0.15) is 0 Å². The van der Waals surface area contributed by atoms with Crippen molar-refractivity contribution < 1.29 is 21.2 Å². The van der Waals surface area contributed by atoms with Crippen LogP contribution < -0.4 is 0 Å². The van der Waals surface area contributed by atoms with Crippen molar-refractivity contribution in [3.05, 3.63) is 0 Å². The number of hydrogen-bond donors (Lipinski definition) is 0. The summed E-state index contributed by atoms with van der Waals surface area (Å²) in [5.41, 5.74) is 0. The van der Waals surface area contributed by atoms with Gasteiger partial charge in [0.25, 0.3) is 30.0 Å². The van der Waals surface area contributed by atoms with Gasteiger partial charge in [0.1, 0.15) is 0 Å². The summed E-state index contributed by atoms with van der Waals surface area (Å²) in [5.74, 6) is 0. The molecule has 0 N–H and O–H groups in total. The van der Waals surface area contributed by atoms with E-state index in [9.17, 15) is 0 Å². The maximum Gasteiger partial charge on any atom is 0.303 e. The molecule has 1 fully saturated rings. The fourth-order valence-electron chi connectivity index (χ4n) is 0.984. The molecule has 0 aromatic heterocycles. The molecular weight excluding hydrogens is 240 g/mol. The summed E-state index contributed by atoms with van der Waals surface area (Å²) in [6.07, 6.45) is 1.02. The number of rotatable bonds is 4. The summed E-state index contributed by atoms with van der Waals surface area (Å²) in [6, 6.07) is 1.02. The normalized spacial score (nSPS) is 30.7. The fraction of sp³-hybridized carbons (Fsp3) is 1.00. The zero-order chi connectivity index (χ0) is 9.36. The largest absolute Gasteiger partial charge is 0.425 e.